The van der Waals surface area contributed by atoms with E-state index in [4.69, 9.17) is 17.0 Å². The second-order valence-corrected chi connectivity index (χ2v) is 9.02. The first-order chi connectivity index (χ1) is 13.0. The highest BCUT2D eigenvalue weighted by atomic mass is 32.1. The Morgan fingerprint density at radius 3 is 2.85 bits per heavy atom. The number of ether oxygens (including phenoxy) is 1. The molecule has 27 heavy (non-hydrogen) atoms. The van der Waals surface area contributed by atoms with E-state index in [1.54, 1.807) is 11.3 Å². The molecular weight excluding hydrogens is 376 g/mol. The molecule has 0 saturated carbocycles. The van der Waals surface area contributed by atoms with Crippen molar-refractivity contribution in [1.82, 2.24) is 0 Å². The molecule has 142 valence electrons. The van der Waals surface area contributed by atoms with Crippen molar-refractivity contribution in [3.05, 3.63) is 45.8 Å². The van der Waals surface area contributed by atoms with Crippen molar-refractivity contribution >= 4 is 45.3 Å². The summed E-state index contributed by atoms with van der Waals surface area (Å²) >= 11 is 7.42. The number of carbonyl (C=O) groups is 1. The maximum absolute atomic E-state index is 12.5. The minimum atomic E-state index is -0.276. The van der Waals surface area contributed by atoms with E-state index in [0.29, 0.717) is 22.6 Å². The van der Waals surface area contributed by atoms with Crippen LogP contribution < -0.4 is 10.2 Å². The van der Waals surface area contributed by atoms with Crippen LogP contribution in [-0.4, -0.2) is 24.2 Å². The summed E-state index contributed by atoms with van der Waals surface area (Å²) in [4.78, 5) is 15.9. The molecule has 2 heterocycles. The van der Waals surface area contributed by atoms with Crippen LogP contribution in [0.15, 0.2) is 24.3 Å². The van der Waals surface area contributed by atoms with E-state index in [0.717, 1.165) is 41.9 Å². The highest BCUT2D eigenvalue weighted by molar-refractivity contribution is 7.80. The number of rotatable bonds is 2. The Morgan fingerprint density at radius 2 is 2.07 bits per heavy atom. The summed E-state index contributed by atoms with van der Waals surface area (Å²) in [5.74, 6) is 0.370. The average molecular weight is 401 g/mol. The number of fused-ring (bicyclic) bond motifs is 2. The normalized spacial score (nSPS) is 20.8. The molecule has 1 aliphatic carbocycles. The second kappa shape index (κ2) is 7.24. The molecule has 0 fully saturated rings. The molecule has 0 bridgehead atoms. The molecule has 0 radical (unpaired) electrons. The molecule has 2 aliphatic rings. The van der Waals surface area contributed by atoms with Gasteiger partial charge in [-0.25, -0.2) is 4.79 Å². The van der Waals surface area contributed by atoms with E-state index in [1.165, 1.54) is 17.6 Å². The minimum Gasteiger partial charge on any atom is -0.465 e. The Kier molecular flexibility index (Phi) is 4.95. The van der Waals surface area contributed by atoms with Crippen LogP contribution in [0.4, 0.5) is 10.7 Å². The fraction of sp³-hybridized carbons (Fsp3) is 0.429. The van der Waals surface area contributed by atoms with Crippen LogP contribution in [0.1, 0.15) is 46.6 Å². The number of benzene rings is 1. The molecule has 4 rings (SSSR count). The quantitative estimate of drug-likeness (QED) is 0.579. The molecule has 1 N–H and O–H groups in total. The molecular formula is C21H24N2O2S2. The smallest absolute Gasteiger partial charge is 0.341 e. The average Bonchev–Trinajstić information content (AvgIpc) is 3.16. The van der Waals surface area contributed by atoms with Gasteiger partial charge in [-0.1, -0.05) is 25.1 Å². The van der Waals surface area contributed by atoms with Crippen molar-refractivity contribution in [3.8, 4) is 0 Å². The van der Waals surface area contributed by atoms with Crippen LogP contribution in [-0.2, 0) is 24.0 Å². The van der Waals surface area contributed by atoms with Crippen LogP contribution in [0.25, 0.3) is 0 Å². The fourth-order valence-electron chi connectivity index (χ4n) is 4.19. The molecule has 1 aromatic carbocycles. The van der Waals surface area contributed by atoms with Crippen LogP contribution in [0, 0.1) is 5.92 Å². The van der Waals surface area contributed by atoms with Gasteiger partial charge >= 0.3 is 5.97 Å². The zero-order valence-electron chi connectivity index (χ0n) is 15.9. The number of carbonyl (C=O) groups excluding carboxylic acids is 1. The first-order valence-electron chi connectivity index (χ1n) is 9.40. The van der Waals surface area contributed by atoms with Gasteiger partial charge in [-0.3, -0.25) is 0 Å². The fourth-order valence-corrected chi connectivity index (χ4v) is 6.03. The number of thiocarbonyl (C=S) groups is 1. The first kappa shape index (κ1) is 18.4. The number of thiophene rings is 1. The summed E-state index contributed by atoms with van der Waals surface area (Å²) in [6.45, 7) is 4.44. The van der Waals surface area contributed by atoms with Crippen LogP contribution in [0.5, 0.6) is 0 Å². The maximum Gasteiger partial charge on any atom is 0.341 e. The lowest BCUT2D eigenvalue weighted by Crippen LogP contribution is -2.38. The highest BCUT2D eigenvalue weighted by Crippen LogP contribution is 2.41. The predicted octanol–water partition coefficient (Wildman–Crippen LogP) is 4.81. The lowest BCUT2D eigenvalue weighted by molar-refractivity contribution is 0.0601. The van der Waals surface area contributed by atoms with Gasteiger partial charge in [0.15, 0.2) is 5.11 Å². The number of nitrogens with zero attached hydrogens (tertiary/aromatic N) is 1. The van der Waals surface area contributed by atoms with Crippen molar-refractivity contribution in [2.45, 2.75) is 45.6 Å². The molecule has 0 saturated heterocycles. The van der Waals surface area contributed by atoms with E-state index in [1.807, 2.05) is 6.07 Å². The number of methoxy groups -OCH3 is 1. The van der Waals surface area contributed by atoms with Gasteiger partial charge in [0, 0.05) is 16.6 Å². The SMILES string of the molecule is COC(=O)c1c(NC(=S)N2c3ccccc3C[C@H]2C)sc2c1CC[C@@H](C)C2. The van der Waals surface area contributed by atoms with E-state index in [-0.39, 0.29) is 5.97 Å². The van der Waals surface area contributed by atoms with Crippen molar-refractivity contribution in [3.63, 3.8) is 0 Å². The number of esters is 1. The third kappa shape index (κ3) is 3.25. The van der Waals surface area contributed by atoms with Crippen LogP contribution >= 0.6 is 23.6 Å². The molecule has 0 amide bonds. The highest BCUT2D eigenvalue weighted by Gasteiger charge is 2.32. The Bertz CT molecular complexity index is 906. The van der Waals surface area contributed by atoms with E-state index in [9.17, 15) is 4.79 Å². The lowest BCUT2D eigenvalue weighted by atomic mass is 9.88. The van der Waals surface area contributed by atoms with Gasteiger partial charge in [-0.05, 0) is 67.9 Å². The maximum atomic E-state index is 12.5. The van der Waals surface area contributed by atoms with Gasteiger partial charge in [-0.2, -0.15) is 0 Å². The number of hydrogen-bond donors (Lipinski definition) is 1. The Balaban J connectivity index is 1.66. The van der Waals surface area contributed by atoms with Crippen LogP contribution in [0.2, 0.25) is 0 Å². The van der Waals surface area contributed by atoms with Crippen molar-refractivity contribution in [1.29, 1.82) is 0 Å². The summed E-state index contributed by atoms with van der Waals surface area (Å²) < 4.78 is 5.08. The first-order valence-corrected chi connectivity index (χ1v) is 10.6. The zero-order chi connectivity index (χ0) is 19.1. The summed E-state index contributed by atoms with van der Waals surface area (Å²) in [6, 6.07) is 8.65. The number of hydrogen-bond acceptors (Lipinski definition) is 4. The van der Waals surface area contributed by atoms with E-state index < -0.39 is 0 Å². The van der Waals surface area contributed by atoms with E-state index in [2.05, 4.69) is 42.3 Å². The Labute approximate surface area is 169 Å². The van der Waals surface area contributed by atoms with Gasteiger partial charge in [-0.15, -0.1) is 11.3 Å². The topological polar surface area (TPSA) is 41.6 Å². The van der Waals surface area contributed by atoms with Gasteiger partial charge in [0.25, 0.3) is 0 Å². The third-order valence-corrected chi connectivity index (χ3v) is 7.02. The lowest BCUT2D eigenvalue weighted by Gasteiger charge is -2.26. The summed E-state index contributed by atoms with van der Waals surface area (Å²) in [7, 11) is 1.44. The van der Waals surface area contributed by atoms with Crippen LogP contribution in [0.3, 0.4) is 0 Å². The molecule has 1 aliphatic heterocycles. The minimum absolute atomic E-state index is 0.276. The molecule has 1 aromatic heterocycles. The van der Waals surface area contributed by atoms with Gasteiger partial charge < -0.3 is 15.0 Å². The molecule has 4 nitrogen and oxygen atoms in total. The molecule has 2 atom stereocenters. The summed E-state index contributed by atoms with van der Waals surface area (Å²) in [6.07, 6.45) is 4.02. The largest absolute Gasteiger partial charge is 0.465 e. The Hall–Kier alpha value is -1.92. The molecule has 2 aromatic rings. The van der Waals surface area contributed by atoms with Gasteiger partial charge in [0.1, 0.15) is 5.00 Å². The molecule has 6 heteroatoms. The number of para-hydroxylation sites is 1. The monoisotopic (exact) mass is 400 g/mol. The van der Waals surface area contributed by atoms with Crippen molar-refractivity contribution in [2.75, 3.05) is 17.3 Å². The summed E-state index contributed by atoms with van der Waals surface area (Å²) in [5.41, 5.74) is 4.27. The summed E-state index contributed by atoms with van der Waals surface area (Å²) in [5, 5.41) is 4.85. The number of nitrogens with one attached hydrogen (secondary N) is 1. The van der Waals surface area contributed by atoms with Crippen molar-refractivity contribution < 1.29 is 9.53 Å². The zero-order valence-corrected chi connectivity index (χ0v) is 17.5. The number of anilines is 2. The third-order valence-electron chi connectivity index (χ3n) is 5.55. The second-order valence-electron chi connectivity index (χ2n) is 7.53. The van der Waals surface area contributed by atoms with Crippen molar-refractivity contribution in [2.24, 2.45) is 5.92 Å². The van der Waals surface area contributed by atoms with Gasteiger partial charge in [0.2, 0.25) is 0 Å². The predicted molar refractivity (Wildman–Crippen MR) is 115 cm³/mol. The van der Waals surface area contributed by atoms with E-state index >= 15 is 0 Å². The van der Waals surface area contributed by atoms with Gasteiger partial charge in [0.05, 0.1) is 12.7 Å². The molecule has 0 unspecified atom stereocenters. The Morgan fingerprint density at radius 1 is 1.30 bits per heavy atom. The molecule has 0 spiro atoms. The standard InChI is InChI=1S/C21H24N2O2S2/c1-12-8-9-15-17(10-12)27-19(18(15)20(24)25-3)22-21(26)23-13(2)11-14-6-4-5-7-16(14)23/h4-7,12-13H,8-11H2,1-3H3,(H,22,26)/t12-,13-/m1/s1.